The van der Waals surface area contributed by atoms with Crippen molar-refractivity contribution < 1.29 is 19.1 Å². The van der Waals surface area contributed by atoms with E-state index >= 15 is 0 Å². The SMILES string of the molecule is CC(=O)c1cccc(NC(=O)C(C)OC(=O)c2cc(C)cc(C)c2)c1. The van der Waals surface area contributed by atoms with E-state index in [9.17, 15) is 14.4 Å². The van der Waals surface area contributed by atoms with Gasteiger partial charge in [0.05, 0.1) is 5.56 Å². The van der Waals surface area contributed by atoms with Gasteiger partial charge in [0.15, 0.2) is 11.9 Å². The predicted octanol–water partition coefficient (Wildman–Crippen LogP) is 3.69. The Morgan fingerprint density at radius 3 is 2.20 bits per heavy atom. The number of rotatable bonds is 5. The van der Waals surface area contributed by atoms with Gasteiger partial charge < -0.3 is 10.1 Å². The smallest absolute Gasteiger partial charge is 0.338 e. The number of hydrogen-bond acceptors (Lipinski definition) is 4. The van der Waals surface area contributed by atoms with E-state index in [-0.39, 0.29) is 5.78 Å². The number of benzene rings is 2. The minimum Gasteiger partial charge on any atom is -0.449 e. The van der Waals surface area contributed by atoms with Crippen LogP contribution in [0.25, 0.3) is 0 Å². The molecule has 130 valence electrons. The molecule has 0 bridgehead atoms. The zero-order valence-electron chi connectivity index (χ0n) is 14.8. The number of amides is 1. The van der Waals surface area contributed by atoms with Crippen LogP contribution in [0.5, 0.6) is 0 Å². The molecule has 0 radical (unpaired) electrons. The average molecular weight is 339 g/mol. The summed E-state index contributed by atoms with van der Waals surface area (Å²) in [4.78, 5) is 35.8. The van der Waals surface area contributed by atoms with Gasteiger partial charge in [-0.1, -0.05) is 29.3 Å². The summed E-state index contributed by atoms with van der Waals surface area (Å²) in [6.07, 6.45) is -0.964. The second-order valence-corrected chi connectivity index (χ2v) is 6.05. The summed E-state index contributed by atoms with van der Waals surface area (Å²) in [7, 11) is 0. The fraction of sp³-hybridized carbons (Fsp3) is 0.250. The molecule has 5 heteroatoms. The number of hydrogen-bond donors (Lipinski definition) is 1. The minimum absolute atomic E-state index is 0.0922. The van der Waals surface area contributed by atoms with E-state index in [2.05, 4.69) is 5.32 Å². The molecule has 1 unspecified atom stereocenters. The lowest BCUT2D eigenvalue weighted by Gasteiger charge is -2.14. The van der Waals surface area contributed by atoms with Crippen molar-refractivity contribution >= 4 is 23.3 Å². The highest BCUT2D eigenvalue weighted by molar-refractivity contribution is 5.99. The van der Waals surface area contributed by atoms with Crippen LogP contribution in [0.1, 0.15) is 45.7 Å². The Bertz CT molecular complexity index is 806. The third-order valence-electron chi connectivity index (χ3n) is 3.65. The van der Waals surface area contributed by atoms with Crippen molar-refractivity contribution in [1.82, 2.24) is 0 Å². The van der Waals surface area contributed by atoms with E-state index in [4.69, 9.17) is 4.74 Å². The third-order valence-corrected chi connectivity index (χ3v) is 3.65. The Hall–Kier alpha value is -2.95. The van der Waals surface area contributed by atoms with Gasteiger partial charge in [0.2, 0.25) is 0 Å². The number of ketones is 1. The lowest BCUT2D eigenvalue weighted by molar-refractivity contribution is -0.123. The van der Waals surface area contributed by atoms with Crippen LogP contribution in [-0.2, 0) is 9.53 Å². The van der Waals surface area contributed by atoms with Crippen LogP contribution in [0, 0.1) is 13.8 Å². The molecule has 0 spiro atoms. The fourth-order valence-corrected chi connectivity index (χ4v) is 2.43. The summed E-state index contributed by atoms with van der Waals surface area (Å²) >= 11 is 0. The van der Waals surface area contributed by atoms with Crippen LogP contribution in [0.15, 0.2) is 42.5 Å². The summed E-state index contributed by atoms with van der Waals surface area (Å²) in [6.45, 7) is 6.74. The van der Waals surface area contributed by atoms with Crippen molar-refractivity contribution in [1.29, 1.82) is 0 Å². The van der Waals surface area contributed by atoms with Crippen molar-refractivity contribution in [3.63, 3.8) is 0 Å². The van der Waals surface area contributed by atoms with Gasteiger partial charge in [-0.15, -0.1) is 0 Å². The zero-order chi connectivity index (χ0) is 18.6. The third kappa shape index (κ3) is 5.01. The van der Waals surface area contributed by atoms with Gasteiger partial charge in [0.25, 0.3) is 5.91 Å². The molecule has 0 aliphatic heterocycles. The average Bonchev–Trinajstić information content (AvgIpc) is 2.54. The van der Waals surface area contributed by atoms with Crippen LogP contribution < -0.4 is 5.32 Å². The van der Waals surface area contributed by atoms with Gasteiger partial charge in [-0.3, -0.25) is 9.59 Å². The largest absolute Gasteiger partial charge is 0.449 e. The van der Waals surface area contributed by atoms with Crippen molar-refractivity contribution in [2.75, 3.05) is 5.32 Å². The lowest BCUT2D eigenvalue weighted by atomic mass is 10.1. The molecule has 5 nitrogen and oxygen atoms in total. The van der Waals surface area contributed by atoms with E-state index in [0.29, 0.717) is 16.8 Å². The van der Waals surface area contributed by atoms with Gasteiger partial charge in [0.1, 0.15) is 0 Å². The number of aryl methyl sites for hydroxylation is 2. The second-order valence-electron chi connectivity index (χ2n) is 6.05. The van der Waals surface area contributed by atoms with Gasteiger partial charge in [-0.2, -0.15) is 0 Å². The van der Waals surface area contributed by atoms with E-state index < -0.39 is 18.0 Å². The molecule has 0 aliphatic rings. The Kier molecular flexibility index (Phi) is 5.70. The summed E-state index contributed by atoms with van der Waals surface area (Å²) in [5.74, 6) is -1.10. The van der Waals surface area contributed by atoms with Crippen molar-refractivity contribution in [3.05, 3.63) is 64.7 Å². The van der Waals surface area contributed by atoms with Crippen molar-refractivity contribution in [2.45, 2.75) is 33.8 Å². The molecule has 2 rings (SSSR count). The number of Topliss-reactive ketones (excluding diaryl/α,β-unsaturated/α-hetero) is 1. The summed E-state index contributed by atoms with van der Waals surface area (Å²) in [5, 5.41) is 2.65. The molecule has 2 aromatic carbocycles. The molecule has 1 amide bonds. The Morgan fingerprint density at radius 1 is 0.960 bits per heavy atom. The highest BCUT2D eigenvalue weighted by atomic mass is 16.5. The fourth-order valence-electron chi connectivity index (χ4n) is 2.43. The molecular formula is C20H21NO4. The predicted molar refractivity (Wildman–Crippen MR) is 95.9 cm³/mol. The first-order valence-corrected chi connectivity index (χ1v) is 7.97. The van der Waals surface area contributed by atoms with Crippen LogP contribution in [-0.4, -0.2) is 23.8 Å². The molecule has 0 saturated heterocycles. The maximum absolute atomic E-state index is 12.2. The van der Waals surface area contributed by atoms with Crippen LogP contribution >= 0.6 is 0 Å². The first-order chi connectivity index (χ1) is 11.8. The van der Waals surface area contributed by atoms with Gasteiger partial charge in [0, 0.05) is 11.3 Å². The van der Waals surface area contributed by atoms with Gasteiger partial charge in [-0.05, 0) is 52.0 Å². The monoisotopic (exact) mass is 339 g/mol. The maximum atomic E-state index is 12.2. The van der Waals surface area contributed by atoms with Crippen LogP contribution in [0.3, 0.4) is 0 Å². The van der Waals surface area contributed by atoms with E-state index in [1.165, 1.54) is 13.8 Å². The second kappa shape index (κ2) is 7.75. The number of nitrogens with one attached hydrogen (secondary N) is 1. The Balaban J connectivity index is 2.03. The molecule has 1 atom stereocenters. The number of ether oxygens (including phenoxy) is 1. The highest BCUT2D eigenvalue weighted by Gasteiger charge is 2.19. The molecule has 0 aliphatic carbocycles. The zero-order valence-corrected chi connectivity index (χ0v) is 14.8. The molecule has 25 heavy (non-hydrogen) atoms. The Morgan fingerprint density at radius 2 is 1.60 bits per heavy atom. The molecule has 0 saturated carbocycles. The van der Waals surface area contributed by atoms with Crippen LogP contribution in [0.4, 0.5) is 5.69 Å². The molecule has 0 fully saturated rings. The molecule has 2 aromatic rings. The van der Waals surface area contributed by atoms with Crippen molar-refractivity contribution in [3.8, 4) is 0 Å². The van der Waals surface area contributed by atoms with E-state index in [1.54, 1.807) is 36.4 Å². The molecule has 1 N–H and O–H groups in total. The number of carbonyl (C=O) groups is 3. The Labute approximate surface area is 147 Å². The first-order valence-electron chi connectivity index (χ1n) is 7.97. The lowest BCUT2D eigenvalue weighted by Crippen LogP contribution is -2.30. The van der Waals surface area contributed by atoms with E-state index in [0.717, 1.165) is 11.1 Å². The van der Waals surface area contributed by atoms with E-state index in [1.807, 2.05) is 19.9 Å². The van der Waals surface area contributed by atoms with Crippen molar-refractivity contribution in [2.24, 2.45) is 0 Å². The summed E-state index contributed by atoms with van der Waals surface area (Å²) in [5.41, 5.74) is 3.29. The molecule has 0 aromatic heterocycles. The summed E-state index contributed by atoms with van der Waals surface area (Å²) < 4.78 is 5.24. The van der Waals surface area contributed by atoms with Crippen LogP contribution in [0.2, 0.25) is 0 Å². The standard InChI is InChI=1S/C20H21NO4/c1-12-8-13(2)10-17(9-12)20(24)25-15(4)19(23)21-18-7-5-6-16(11-18)14(3)22/h5-11,15H,1-4H3,(H,21,23). The van der Waals surface area contributed by atoms with Gasteiger partial charge >= 0.3 is 5.97 Å². The normalized spacial score (nSPS) is 11.5. The number of esters is 1. The molecular weight excluding hydrogens is 318 g/mol. The van der Waals surface area contributed by atoms with Gasteiger partial charge in [-0.25, -0.2) is 4.79 Å². The minimum atomic E-state index is -0.964. The summed E-state index contributed by atoms with van der Waals surface area (Å²) in [6, 6.07) is 12.0. The number of carbonyl (C=O) groups excluding carboxylic acids is 3. The topological polar surface area (TPSA) is 72.5 Å². The maximum Gasteiger partial charge on any atom is 0.338 e. The quantitative estimate of drug-likeness (QED) is 0.666. The number of anilines is 1. The molecule has 0 heterocycles. The highest BCUT2D eigenvalue weighted by Crippen LogP contribution is 2.14. The first kappa shape index (κ1) is 18.4.